The van der Waals surface area contributed by atoms with Crippen molar-refractivity contribution in [1.29, 1.82) is 0 Å². The Bertz CT molecular complexity index is 442. The van der Waals surface area contributed by atoms with E-state index in [0.29, 0.717) is 0 Å². The molecule has 1 aromatic carbocycles. The summed E-state index contributed by atoms with van der Waals surface area (Å²) >= 11 is 0. The van der Waals surface area contributed by atoms with Gasteiger partial charge in [0.1, 0.15) is 5.75 Å². The first-order chi connectivity index (χ1) is 9.56. The number of hydrogen-bond acceptors (Lipinski definition) is 2. The number of carbonyl (C=O) groups excluding carboxylic acids is 1. The fourth-order valence-corrected chi connectivity index (χ4v) is 2.80. The van der Waals surface area contributed by atoms with Gasteiger partial charge < -0.3 is 9.64 Å². The molecule has 110 valence electrons. The Balaban J connectivity index is 1.99. The number of nitrogens with zero attached hydrogens (tertiary/aromatic N) is 1. The van der Waals surface area contributed by atoms with Gasteiger partial charge in [-0.05, 0) is 56.9 Å². The van der Waals surface area contributed by atoms with Gasteiger partial charge in [0.25, 0.3) is 5.91 Å². The maximum atomic E-state index is 12.4. The van der Waals surface area contributed by atoms with Gasteiger partial charge in [-0.1, -0.05) is 18.9 Å². The molecular weight excluding hydrogens is 250 g/mol. The zero-order valence-electron chi connectivity index (χ0n) is 12.8. The molecule has 0 N–H and O–H groups in total. The fraction of sp³-hybridized carbons (Fsp3) is 0.588. The lowest BCUT2D eigenvalue weighted by molar-refractivity contribution is -0.137. The van der Waals surface area contributed by atoms with Crippen molar-refractivity contribution in [1.82, 2.24) is 4.90 Å². The molecule has 20 heavy (non-hydrogen) atoms. The third-order valence-electron chi connectivity index (χ3n) is 3.77. The first kappa shape index (κ1) is 14.9. The molecular formula is C17H25NO2. The van der Waals surface area contributed by atoms with Crippen molar-refractivity contribution in [3.05, 3.63) is 29.3 Å². The molecule has 0 radical (unpaired) electrons. The lowest BCUT2D eigenvalue weighted by atomic mass is 10.1. The number of amides is 1. The third kappa shape index (κ3) is 3.99. The topological polar surface area (TPSA) is 29.5 Å². The fourth-order valence-electron chi connectivity index (χ4n) is 2.80. The molecule has 1 heterocycles. The summed E-state index contributed by atoms with van der Waals surface area (Å²) in [6.45, 7) is 7.69. The summed E-state index contributed by atoms with van der Waals surface area (Å²) in [5.74, 6) is 0.907. The number of hydrogen-bond donors (Lipinski definition) is 0. The summed E-state index contributed by atoms with van der Waals surface area (Å²) in [5.41, 5.74) is 2.32. The van der Waals surface area contributed by atoms with E-state index in [-0.39, 0.29) is 5.91 Å². The average Bonchev–Trinajstić information content (AvgIpc) is 2.65. The second-order valence-corrected chi connectivity index (χ2v) is 5.82. The van der Waals surface area contributed by atoms with Crippen LogP contribution in [0.1, 0.15) is 43.7 Å². The first-order valence-electron chi connectivity index (χ1n) is 7.60. The van der Waals surface area contributed by atoms with Crippen LogP contribution in [0.15, 0.2) is 18.2 Å². The molecule has 0 bridgehead atoms. The predicted octanol–water partition coefficient (Wildman–Crippen LogP) is 3.47. The van der Waals surface area contributed by atoms with Crippen LogP contribution in [-0.4, -0.2) is 30.0 Å². The Kier molecular flexibility index (Phi) is 5.05. The summed E-state index contributed by atoms with van der Waals surface area (Å²) in [5, 5.41) is 0. The van der Waals surface area contributed by atoms with E-state index in [0.717, 1.165) is 42.8 Å². The standard InChI is InChI=1S/C17H25NO2/c1-13-10-14(2)12-16(11-13)20-15(3)17(19)18-8-6-4-5-7-9-18/h10-12,15H,4-9H2,1-3H3/t15-/m0/s1. The molecule has 1 aliphatic heterocycles. The Hall–Kier alpha value is -1.51. The van der Waals surface area contributed by atoms with Gasteiger partial charge in [0, 0.05) is 13.1 Å². The average molecular weight is 275 g/mol. The Morgan fingerprint density at radius 2 is 1.60 bits per heavy atom. The van der Waals surface area contributed by atoms with Crippen LogP contribution >= 0.6 is 0 Å². The molecule has 0 aromatic heterocycles. The van der Waals surface area contributed by atoms with E-state index in [9.17, 15) is 4.79 Å². The molecule has 1 amide bonds. The molecule has 1 aliphatic rings. The number of aryl methyl sites for hydroxylation is 2. The minimum atomic E-state index is -0.408. The smallest absolute Gasteiger partial charge is 0.263 e. The van der Waals surface area contributed by atoms with E-state index >= 15 is 0 Å². The maximum absolute atomic E-state index is 12.4. The van der Waals surface area contributed by atoms with Crippen LogP contribution in [0.2, 0.25) is 0 Å². The van der Waals surface area contributed by atoms with E-state index in [1.165, 1.54) is 12.8 Å². The van der Waals surface area contributed by atoms with Crippen LogP contribution < -0.4 is 4.74 Å². The number of carbonyl (C=O) groups is 1. The van der Waals surface area contributed by atoms with Crippen molar-refractivity contribution in [2.45, 2.75) is 52.6 Å². The van der Waals surface area contributed by atoms with E-state index in [4.69, 9.17) is 4.74 Å². The summed E-state index contributed by atoms with van der Waals surface area (Å²) < 4.78 is 5.84. The highest BCUT2D eigenvalue weighted by Crippen LogP contribution is 2.19. The second kappa shape index (κ2) is 6.78. The molecule has 1 fully saturated rings. The monoisotopic (exact) mass is 275 g/mol. The number of benzene rings is 1. The van der Waals surface area contributed by atoms with Gasteiger partial charge >= 0.3 is 0 Å². The molecule has 1 saturated heterocycles. The summed E-state index contributed by atoms with van der Waals surface area (Å²) in [6, 6.07) is 6.08. The molecule has 0 aliphatic carbocycles. The Labute approximate surface area is 121 Å². The van der Waals surface area contributed by atoms with E-state index in [1.54, 1.807) is 0 Å². The minimum Gasteiger partial charge on any atom is -0.481 e. The van der Waals surface area contributed by atoms with Crippen LogP contribution in [0.3, 0.4) is 0 Å². The maximum Gasteiger partial charge on any atom is 0.263 e. The summed E-state index contributed by atoms with van der Waals surface area (Å²) in [6.07, 6.45) is 4.28. The highest BCUT2D eigenvalue weighted by Gasteiger charge is 2.22. The van der Waals surface area contributed by atoms with Gasteiger partial charge in [-0.15, -0.1) is 0 Å². The van der Waals surface area contributed by atoms with Gasteiger partial charge in [0.15, 0.2) is 6.10 Å². The number of rotatable bonds is 3. The van der Waals surface area contributed by atoms with Crippen molar-refractivity contribution < 1.29 is 9.53 Å². The zero-order chi connectivity index (χ0) is 14.5. The lowest BCUT2D eigenvalue weighted by Gasteiger charge is -2.24. The Morgan fingerprint density at radius 1 is 1.05 bits per heavy atom. The van der Waals surface area contributed by atoms with Gasteiger partial charge in [-0.2, -0.15) is 0 Å². The number of ether oxygens (including phenoxy) is 1. The van der Waals surface area contributed by atoms with Crippen molar-refractivity contribution >= 4 is 5.91 Å². The molecule has 0 spiro atoms. The summed E-state index contributed by atoms with van der Waals surface area (Å²) in [7, 11) is 0. The Morgan fingerprint density at radius 3 is 2.15 bits per heavy atom. The third-order valence-corrected chi connectivity index (χ3v) is 3.77. The van der Waals surface area contributed by atoms with Crippen LogP contribution in [0.5, 0.6) is 5.75 Å². The second-order valence-electron chi connectivity index (χ2n) is 5.82. The molecule has 0 saturated carbocycles. The van der Waals surface area contributed by atoms with Crippen LogP contribution in [-0.2, 0) is 4.79 Å². The van der Waals surface area contributed by atoms with Crippen LogP contribution in [0.25, 0.3) is 0 Å². The van der Waals surface area contributed by atoms with E-state index in [2.05, 4.69) is 6.07 Å². The molecule has 3 heteroatoms. The van der Waals surface area contributed by atoms with Crippen molar-refractivity contribution in [3.63, 3.8) is 0 Å². The highest BCUT2D eigenvalue weighted by atomic mass is 16.5. The summed E-state index contributed by atoms with van der Waals surface area (Å²) in [4.78, 5) is 14.4. The minimum absolute atomic E-state index is 0.117. The van der Waals surface area contributed by atoms with Gasteiger partial charge in [0.05, 0.1) is 0 Å². The van der Waals surface area contributed by atoms with Crippen molar-refractivity contribution in [3.8, 4) is 5.75 Å². The van der Waals surface area contributed by atoms with Crippen LogP contribution in [0, 0.1) is 13.8 Å². The highest BCUT2D eigenvalue weighted by molar-refractivity contribution is 5.80. The van der Waals surface area contributed by atoms with E-state index < -0.39 is 6.10 Å². The number of likely N-dealkylation sites (tertiary alicyclic amines) is 1. The molecule has 3 nitrogen and oxygen atoms in total. The first-order valence-corrected chi connectivity index (χ1v) is 7.60. The SMILES string of the molecule is Cc1cc(C)cc(O[C@@H](C)C(=O)N2CCCCCC2)c1. The molecule has 1 atom stereocenters. The largest absolute Gasteiger partial charge is 0.481 e. The van der Waals surface area contributed by atoms with Gasteiger partial charge in [-0.25, -0.2) is 0 Å². The normalized spacial score (nSPS) is 17.4. The molecule has 1 aromatic rings. The van der Waals surface area contributed by atoms with Gasteiger partial charge in [-0.3, -0.25) is 4.79 Å². The van der Waals surface area contributed by atoms with Gasteiger partial charge in [0.2, 0.25) is 0 Å². The van der Waals surface area contributed by atoms with Crippen LogP contribution in [0.4, 0.5) is 0 Å². The zero-order valence-corrected chi connectivity index (χ0v) is 12.8. The van der Waals surface area contributed by atoms with Crippen molar-refractivity contribution in [2.75, 3.05) is 13.1 Å². The molecule has 0 unspecified atom stereocenters. The molecule has 2 rings (SSSR count). The van der Waals surface area contributed by atoms with E-state index in [1.807, 2.05) is 37.8 Å². The predicted molar refractivity (Wildman–Crippen MR) is 81.1 cm³/mol. The quantitative estimate of drug-likeness (QED) is 0.845. The lowest BCUT2D eigenvalue weighted by Crippen LogP contribution is -2.41. The van der Waals surface area contributed by atoms with Crippen molar-refractivity contribution in [2.24, 2.45) is 0 Å².